The summed E-state index contributed by atoms with van der Waals surface area (Å²) >= 11 is 1.29. The van der Waals surface area contributed by atoms with E-state index >= 15 is 0 Å². The fourth-order valence-electron chi connectivity index (χ4n) is 2.88. The Morgan fingerprint density at radius 3 is 2.52 bits per heavy atom. The van der Waals surface area contributed by atoms with Crippen molar-refractivity contribution < 1.29 is 9.59 Å². The predicted octanol–water partition coefficient (Wildman–Crippen LogP) is 2.97. The van der Waals surface area contributed by atoms with Crippen molar-refractivity contribution in [1.29, 1.82) is 0 Å². The van der Waals surface area contributed by atoms with Crippen LogP contribution in [0.15, 0.2) is 53.7 Å². The Labute approximate surface area is 159 Å². The lowest BCUT2D eigenvalue weighted by molar-refractivity contribution is -0.119. The molecule has 8 heteroatoms. The minimum absolute atomic E-state index is 0.383. The highest BCUT2D eigenvalue weighted by Gasteiger charge is 2.21. The average molecular weight is 379 g/mol. The Bertz CT molecular complexity index is 1190. The number of benzene rings is 2. The van der Waals surface area contributed by atoms with Gasteiger partial charge >= 0.3 is 6.03 Å². The number of imidazole rings is 1. The summed E-state index contributed by atoms with van der Waals surface area (Å²) in [5.41, 5.74) is 3.39. The van der Waals surface area contributed by atoms with Crippen molar-refractivity contribution in [3.8, 4) is 0 Å². The van der Waals surface area contributed by atoms with Gasteiger partial charge in [-0.15, -0.1) is 0 Å². The third kappa shape index (κ3) is 3.08. The van der Waals surface area contributed by atoms with E-state index in [1.54, 1.807) is 6.92 Å². The van der Waals surface area contributed by atoms with E-state index in [0.29, 0.717) is 5.16 Å². The van der Waals surface area contributed by atoms with Crippen LogP contribution in [0.1, 0.15) is 6.92 Å². The molecule has 7 nitrogen and oxygen atoms in total. The van der Waals surface area contributed by atoms with Crippen molar-refractivity contribution in [3.63, 3.8) is 0 Å². The molecule has 0 saturated carbocycles. The molecule has 4 aromatic rings. The van der Waals surface area contributed by atoms with E-state index in [4.69, 9.17) is 9.97 Å². The first-order valence-corrected chi connectivity index (χ1v) is 9.31. The summed E-state index contributed by atoms with van der Waals surface area (Å²) < 4.78 is 1.96. The van der Waals surface area contributed by atoms with Crippen molar-refractivity contribution >= 4 is 51.3 Å². The number of nitrogens with zero attached hydrogens (tertiary/aromatic N) is 3. The number of rotatable bonds is 3. The third-order valence-electron chi connectivity index (χ3n) is 4.23. The number of nitrogens with one attached hydrogen (secondary N) is 2. The zero-order valence-electron chi connectivity index (χ0n) is 14.8. The number of para-hydroxylation sites is 3. The second-order valence-electron chi connectivity index (χ2n) is 6.00. The van der Waals surface area contributed by atoms with E-state index in [-0.39, 0.29) is 5.91 Å². The van der Waals surface area contributed by atoms with Crippen LogP contribution in [0.25, 0.3) is 27.6 Å². The molecule has 1 atom stereocenters. The minimum Gasteiger partial charge on any atom is -0.341 e. The summed E-state index contributed by atoms with van der Waals surface area (Å²) in [4.78, 5) is 33.2. The molecule has 0 aliphatic rings. The SMILES string of the molecule is CNC(=O)NC(=O)C(C)Sc1nc2ccccc2c2nc3ccccc3n12. The molecule has 0 fully saturated rings. The van der Waals surface area contributed by atoms with Crippen molar-refractivity contribution in [3.05, 3.63) is 48.5 Å². The van der Waals surface area contributed by atoms with E-state index in [2.05, 4.69) is 10.6 Å². The number of carbonyl (C=O) groups is 2. The van der Waals surface area contributed by atoms with Crippen LogP contribution in [0, 0.1) is 0 Å². The maximum atomic E-state index is 12.3. The fourth-order valence-corrected chi connectivity index (χ4v) is 3.80. The van der Waals surface area contributed by atoms with Crippen LogP contribution in [-0.2, 0) is 4.79 Å². The molecule has 1 unspecified atom stereocenters. The molecule has 2 aromatic carbocycles. The molecule has 0 bridgehead atoms. The normalized spacial score (nSPS) is 12.4. The molecular formula is C19H17N5O2S. The van der Waals surface area contributed by atoms with E-state index in [1.165, 1.54) is 18.8 Å². The van der Waals surface area contributed by atoms with Crippen LogP contribution in [0.5, 0.6) is 0 Å². The molecule has 0 aliphatic carbocycles. The zero-order chi connectivity index (χ0) is 19.0. The first kappa shape index (κ1) is 17.3. The Morgan fingerprint density at radius 2 is 1.74 bits per heavy atom. The Hall–Kier alpha value is -3.13. The number of hydrogen-bond donors (Lipinski definition) is 2. The Balaban J connectivity index is 1.85. The van der Waals surface area contributed by atoms with Gasteiger partial charge < -0.3 is 5.32 Å². The molecule has 0 radical (unpaired) electrons. The standard InChI is InChI=1S/C19H17N5O2S/c1-11(17(25)23-18(26)20-2)27-19-22-13-8-4-3-7-12(13)16-21-14-9-5-6-10-15(14)24(16)19/h3-11H,1-2H3,(H2,20,23,25,26). The van der Waals surface area contributed by atoms with Gasteiger partial charge in [0.15, 0.2) is 5.16 Å². The van der Waals surface area contributed by atoms with E-state index in [0.717, 1.165) is 27.6 Å². The van der Waals surface area contributed by atoms with Crippen molar-refractivity contribution in [1.82, 2.24) is 25.0 Å². The Morgan fingerprint density at radius 1 is 1.04 bits per heavy atom. The second kappa shape index (κ2) is 6.88. The van der Waals surface area contributed by atoms with Gasteiger partial charge in [0.25, 0.3) is 0 Å². The van der Waals surface area contributed by atoms with Gasteiger partial charge in [0.05, 0.1) is 21.8 Å². The summed E-state index contributed by atoms with van der Waals surface area (Å²) in [6.07, 6.45) is 0. The van der Waals surface area contributed by atoms with Gasteiger partial charge in [-0.1, -0.05) is 36.0 Å². The average Bonchev–Trinajstić information content (AvgIpc) is 3.08. The predicted molar refractivity (Wildman–Crippen MR) is 106 cm³/mol. The molecular weight excluding hydrogens is 362 g/mol. The number of carbonyl (C=O) groups excluding carboxylic acids is 2. The molecule has 2 aromatic heterocycles. The topological polar surface area (TPSA) is 88.4 Å². The lowest BCUT2D eigenvalue weighted by atomic mass is 10.2. The lowest BCUT2D eigenvalue weighted by Crippen LogP contribution is -2.41. The molecule has 0 spiro atoms. The zero-order valence-corrected chi connectivity index (χ0v) is 15.6. The highest BCUT2D eigenvalue weighted by Crippen LogP contribution is 2.30. The van der Waals surface area contributed by atoms with E-state index in [1.807, 2.05) is 52.9 Å². The number of imide groups is 1. The van der Waals surface area contributed by atoms with Gasteiger partial charge in [-0.05, 0) is 31.2 Å². The van der Waals surface area contributed by atoms with Gasteiger partial charge in [0, 0.05) is 12.4 Å². The number of fused-ring (bicyclic) bond motifs is 5. The Kier molecular flexibility index (Phi) is 4.41. The first-order valence-electron chi connectivity index (χ1n) is 8.43. The van der Waals surface area contributed by atoms with Crippen LogP contribution in [-0.4, -0.2) is 38.6 Å². The number of aromatic nitrogens is 3. The van der Waals surface area contributed by atoms with Crippen LogP contribution in [0.3, 0.4) is 0 Å². The third-order valence-corrected chi connectivity index (χ3v) is 5.28. The maximum absolute atomic E-state index is 12.3. The highest BCUT2D eigenvalue weighted by molar-refractivity contribution is 8.00. The molecule has 4 rings (SSSR count). The quantitative estimate of drug-likeness (QED) is 0.422. The maximum Gasteiger partial charge on any atom is 0.321 e. The van der Waals surface area contributed by atoms with Crippen LogP contribution < -0.4 is 10.6 Å². The van der Waals surface area contributed by atoms with Crippen molar-refractivity contribution in [2.45, 2.75) is 17.3 Å². The first-order chi connectivity index (χ1) is 13.1. The van der Waals surface area contributed by atoms with Gasteiger partial charge in [-0.2, -0.15) is 0 Å². The summed E-state index contributed by atoms with van der Waals surface area (Å²) in [6, 6.07) is 15.1. The minimum atomic E-state index is -0.530. The largest absolute Gasteiger partial charge is 0.341 e. The van der Waals surface area contributed by atoms with Crippen LogP contribution >= 0.6 is 11.8 Å². The molecule has 136 valence electrons. The van der Waals surface area contributed by atoms with Crippen molar-refractivity contribution in [2.75, 3.05) is 7.05 Å². The smallest absolute Gasteiger partial charge is 0.321 e. The lowest BCUT2D eigenvalue weighted by Gasteiger charge is -2.13. The molecule has 2 heterocycles. The van der Waals surface area contributed by atoms with Gasteiger partial charge in [0.1, 0.15) is 5.65 Å². The molecule has 0 aliphatic heterocycles. The number of hydrogen-bond acceptors (Lipinski definition) is 5. The van der Waals surface area contributed by atoms with E-state index < -0.39 is 11.3 Å². The second-order valence-corrected chi connectivity index (χ2v) is 7.31. The number of thioether (sulfide) groups is 1. The molecule has 27 heavy (non-hydrogen) atoms. The number of urea groups is 1. The molecule has 3 amide bonds. The van der Waals surface area contributed by atoms with Gasteiger partial charge in [-0.3, -0.25) is 14.5 Å². The number of amides is 3. The van der Waals surface area contributed by atoms with Gasteiger partial charge in [0.2, 0.25) is 5.91 Å². The van der Waals surface area contributed by atoms with Crippen molar-refractivity contribution in [2.24, 2.45) is 0 Å². The van der Waals surface area contributed by atoms with Crippen LogP contribution in [0.2, 0.25) is 0 Å². The summed E-state index contributed by atoms with van der Waals surface area (Å²) in [5.74, 6) is -0.383. The van der Waals surface area contributed by atoms with Gasteiger partial charge in [-0.25, -0.2) is 14.8 Å². The summed E-state index contributed by atoms with van der Waals surface area (Å²) in [6.45, 7) is 1.74. The summed E-state index contributed by atoms with van der Waals surface area (Å²) in [7, 11) is 1.46. The fraction of sp³-hybridized carbons (Fsp3) is 0.158. The summed E-state index contributed by atoms with van der Waals surface area (Å²) in [5, 5.41) is 5.76. The highest BCUT2D eigenvalue weighted by atomic mass is 32.2. The molecule has 2 N–H and O–H groups in total. The van der Waals surface area contributed by atoms with Crippen LogP contribution in [0.4, 0.5) is 4.79 Å². The van der Waals surface area contributed by atoms with E-state index in [9.17, 15) is 9.59 Å². The monoisotopic (exact) mass is 379 g/mol. The molecule has 0 saturated heterocycles.